The fourth-order valence-corrected chi connectivity index (χ4v) is 3.27. The molecule has 9 heteroatoms. The minimum absolute atomic E-state index is 0.244. The van der Waals surface area contributed by atoms with Crippen LogP contribution < -0.4 is 15.4 Å². The van der Waals surface area contributed by atoms with Crippen molar-refractivity contribution in [2.75, 3.05) is 12.4 Å². The fourth-order valence-electron chi connectivity index (χ4n) is 3.00. The summed E-state index contributed by atoms with van der Waals surface area (Å²) in [7, 11) is 3.27. The van der Waals surface area contributed by atoms with Gasteiger partial charge >= 0.3 is 6.09 Å². The summed E-state index contributed by atoms with van der Waals surface area (Å²) in [5.41, 5.74) is 3.39. The first-order chi connectivity index (χ1) is 15.0. The van der Waals surface area contributed by atoms with E-state index in [4.69, 9.17) is 9.72 Å². The molecule has 0 bridgehead atoms. The quantitative estimate of drug-likeness (QED) is 0.397. The Morgan fingerprint density at radius 2 is 1.87 bits per heavy atom. The number of rotatable bonds is 6. The average Bonchev–Trinajstić information content (AvgIpc) is 3.08. The Morgan fingerprint density at radius 1 is 1.10 bits per heavy atom. The van der Waals surface area contributed by atoms with Crippen molar-refractivity contribution in [2.45, 2.75) is 6.54 Å². The molecule has 2 heterocycles. The van der Waals surface area contributed by atoms with E-state index in [1.165, 1.54) is 7.11 Å². The molecule has 0 aliphatic heterocycles. The molecule has 2 aromatic carbocycles. The molecule has 1 amide bonds. The predicted octanol–water partition coefficient (Wildman–Crippen LogP) is 5.12. The number of ether oxygens (including phenoxy) is 2. The third kappa shape index (κ3) is 4.95. The van der Waals surface area contributed by atoms with Gasteiger partial charge in [-0.05, 0) is 42.5 Å². The molecule has 0 atom stereocenters. The van der Waals surface area contributed by atoms with Gasteiger partial charge in [-0.2, -0.15) is 0 Å². The maximum Gasteiger partial charge on any atom is 0.407 e. The summed E-state index contributed by atoms with van der Waals surface area (Å²) in [6.07, 6.45) is 1.12. The zero-order valence-corrected chi connectivity index (χ0v) is 18.5. The monoisotopic (exact) mass is 481 g/mol. The fraction of sp³-hybridized carbons (Fsp3) is 0.136. The number of nitrogens with zero attached hydrogens (tertiary/aromatic N) is 3. The Balaban J connectivity index is 1.52. The lowest BCUT2D eigenvalue weighted by atomic mass is 10.3. The van der Waals surface area contributed by atoms with Crippen LogP contribution >= 0.6 is 15.9 Å². The molecule has 0 unspecified atom stereocenters. The van der Waals surface area contributed by atoms with Gasteiger partial charge in [-0.3, -0.25) is 4.98 Å². The van der Waals surface area contributed by atoms with E-state index in [1.54, 1.807) is 18.3 Å². The summed E-state index contributed by atoms with van der Waals surface area (Å²) >= 11 is 3.44. The Labute approximate surface area is 187 Å². The van der Waals surface area contributed by atoms with Gasteiger partial charge in [-0.25, -0.2) is 9.78 Å². The van der Waals surface area contributed by atoms with Crippen molar-refractivity contribution >= 4 is 44.7 Å². The Kier molecular flexibility index (Phi) is 6.03. The van der Waals surface area contributed by atoms with E-state index in [-0.39, 0.29) is 6.54 Å². The van der Waals surface area contributed by atoms with Crippen LogP contribution in [0.25, 0.3) is 11.0 Å². The number of hydrogen-bond acceptors (Lipinski definition) is 6. The molecule has 8 nitrogen and oxygen atoms in total. The normalized spacial score (nSPS) is 10.7. The van der Waals surface area contributed by atoms with Crippen LogP contribution in [-0.2, 0) is 18.3 Å². The number of imidazole rings is 1. The number of halogens is 1. The van der Waals surface area contributed by atoms with Gasteiger partial charge in [0.25, 0.3) is 0 Å². The molecule has 0 spiro atoms. The molecule has 4 rings (SSSR count). The zero-order chi connectivity index (χ0) is 21.8. The van der Waals surface area contributed by atoms with Crippen molar-refractivity contribution in [1.29, 1.82) is 0 Å². The van der Waals surface area contributed by atoms with Crippen LogP contribution in [0.5, 0.6) is 11.5 Å². The van der Waals surface area contributed by atoms with E-state index < -0.39 is 6.09 Å². The van der Waals surface area contributed by atoms with Crippen LogP contribution in [0.15, 0.2) is 65.3 Å². The van der Waals surface area contributed by atoms with Crippen molar-refractivity contribution in [3.05, 3.63) is 71.0 Å². The number of methoxy groups -OCH3 is 1. The summed E-state index contributed by atoms with van der Waals surface area (Å²) in [6.45, 7) is 0.244. The molecular formula is C22H20BrN5O3. The van der Waals surface area contributed by atoms with Gasteiger partial charge in [0.05, 0.1) is 30.4 Å². The highest BCUT2D eigenvalue weighted by Gasteiger charge is 2.10. The third-order valence-corrected chi connectivity index (χ3v) is 5.10. The van der Waals surface area contributed by atoms with E-state index in [2.05, 4.69) is 36.3 Å². The second kappa shape index (κ2) is 9.05. The molecule has 4 aromatic rings. The van der Waals surface area contributed by atoms with Crippen LogP contribution in [0.4, 0.5) is 16.4 Å². The van der Waals surface area contributed by atoms with Crippen LogP contribution in [0.3, 0.4) is 0 Å². The number of nitrogens with one attached hydrogen (secondary N) is 2. The summed E-state index contributed by atoms with van der Waals surface area (Å²) in [5, 5.41) is 5.92. The summed E-state index contributed by atoms with van der Waals surface area (Å²) in [4.78, 5) is 20.2. The van der Waals surface area contributed by atoms with Gasteiger partial charge < -0.3 is 24.7 Å². The molecule has 0 aliphatic carbocycles. The lowest BCUT2D eigenvalue weighted by molar-refractivity contribution is 0.170. The number of carbonyl (C=O) groups excluding carboxylic acids is 1. The van der Waals surface area contributed by atoms with Gasteiger partial charge in [0.1, 0.15) is 11.5 Å². The van der Waals surface area contributed by atoms with E-state index in [0.717, 1.165) is 27.1 Å². The second-order valence-corrected chi connectivity index (χ2v) is 7.62. The van der Waals surface area contributed by atoms with Crippen molar-refractivity contribution in [2.24, 2.45) is 7.05 Å². The minimum atomic E-state index is -0.513. The maximum absolute atomic E-state index is 11.2. The smallest absolute Gasteiger partial charge is 0.407 e. The standard InChI is InChI=1S/C22H20BrN5O3/c1-28-20-8-7-17(31-18-9-10-24-16(11-18)13-25-22(29)30-2)12-19(20)27-21(28)26-15-5-3-14(23)4-6-15/h3-12H,13H2,1-2H3,(H,25,29)(H,26,27). The van der Waals surface area contributed by atoms with Gasteiger partial charge in [-0.15, -0.1) is 0 Å². The van der Waals surface area contributed by atoms with Crippen molar-refractivity contribution in [1.82, 2.24) is 19.9 Å². The van der Waals surface area contributed by atoms with Crippen LogP contribution in [0, 0.1) is 0 Å². The number of fused-ring (bicyclic) bond motifs is 1. The first kappa shape index (κ1) is 20.7. The van der Waals surface area contributed by atoms with Crippen molar-refractivity contribution < 1.29 is 14.3 Å². The van der Waals surface area contributed by atoms with Gasteiger partial charge in [-0.1, -0.05) is 15.9 Å². The Bertz CT molecular complexity index is 1220. The predicted molar refractivity (Wildman–Crippen MR) is 122 cm³/mol. The number of anilines is 2. The molecule has 2 aromatic heterocycles. The largest absolute Gasteiger partial charge is 0.457 e. The SMILES string of the molecule is COC(=O)NCc1cc(Oc2ccc3c(c2)nc(Nc2ccc(Br)cc2)n3C)ccn1. The zero-order valence-electron chi connectivity index (χ0n) is 16.9. The Morgan fingerprint density at radius 3 is 2.65 bits per heavy atom. The number of aromatic nitrogens is 3. The van der Waals surface area contributed by atoms with E-state index in [1.807, 2.05) is 54.1 Å². The number of amides is 1. The van der Waals surface area contributed by atoms with Gasteiger partial charge in [0.2, 0.25) is 5.95 Å². The molecule has 0 fully saturated rings. The summed E-state index contributed by atoms with van der Waals surface area (Å²) < 4.78 is 13.6. The number of aryl methyl sites for hydroxylation is 1. The Hall–Kier alpha value is -3.59. The van der Waals surface area contributed by atoms with Crippen molar-refractivity contribution in [3.63, 3.8) is 0 Å². The second-order valence-electron chi connectivity index (χ2n) is 6.71. The minimum Gasteiger partial charge on any atom is -0.457 e. The molecule has 0 saturated carbocycles. The molecule has 0 aliphatic rings. The third-order valence-electron chi connectivity index (χ3n) is 4.58. The molecular weight excluding hydrogens is 462 g/mol. The first-order valence-corrected chi connectivity index (χ1v) is 10.2. The highest BCUT2D eigenvalue weighted by atomic mass is 79.9. The lowest BCUT2D eigenvalue weighted by Gasteiger charge is -2.08. The van der Waals surface area contributed by atoms with E-state index >= 15 is 0 Å². The number of pyridine rings is 1. The van der Waals surface area contributed by atoms with Gasteiger partial charge in [0, 0.05) is 35.5 Å². The first-order valence-electron chi connectivity index (χ1n) is 9.45. The average molecular weight is 482 g/mol. The van der Waals surface area contributed by atoms with E-state index in [9.17, 15) is 4.79 Å². The maximum atomic E-state index is 11.2. The van der Waals surface area contributed by atoms with Gasteiger partial charge in [0.15, 0.2) is 0 Å². The topological polar surface area (TPSA) is 90.3 Å². The molecule has 0 radical (unpaired) electrons. The molecule has 2 N–H and O–H groups in total. The number of carbonyl (C=O) groups is 1. The van der Waals surface area contributed by atoms with Crippen LogP contribution in [-0.4, -0.2) is 27.7 Å². The summed E-state index contributed by atoms with van der Waals surface area (Å²) in [6, 6.07) is 17.2. The highest BCUT2D eigenvalue weighted by Crippen LogP contribution is 2.28. The van der Waals surface area contributed by atoms with E-state index in [0.29, 0.717) is 17.2 Å². The molecule has 31 heavy (non-hydrogen) atoms. The number of hydrogen-bond donors (Lipinski definition) is 2. The van der Waals surface area contributed by atoms with Crippen LogP contribution in [0.2, 0.25) is 0 Å². The molecule has 0 saturated heterocycles. The van der Waals surface area contributed by atoms with Crippen LogP contribution in [0.1, 0.15) is 5.69 Å². The highest BCUT2D eigenvalue weighted by molar-refractivity contribution is 9.10. The lowest BCUT2D eigenvalue weighted by Crippen LogP contribution is -2.22. The molecule has 158 valence electrons. The summed E-state index contributed by atoms with van der Waals surface area (Å²) in [5.74, 6) is 1.99. The number of alkyl carbamates (subject to hydrolysis) is 1. The number of benzene rings is 2. The van der Waals surface area contributed by atoms with Crippen molar-refractivity contribution in [3.8, 4) is 11.5 Å².